The lowest BCUT2D eigenvalue weighted by Crippen LogP contribution is -2.25. The summed E-state index contributed by atoms with van der Waals surface area (Å²) in [6.45, 7) is 0. The lowest BCUT2D eigenvalue weighted by molar-refractivity contribution is -0.384. The second-order valence-corrected chi connectivity index (χ2v) is 8.43. The van der Waals surface area contributed by atoms with Gasteiger partial charge in [-0.05, 0) is 35.9 Å². The number of carbonyl (C=O) groups is 1. The van der Waals surface area contributed by atoms with Crippen LogP contribution in [0.1, 0.15) is 10.4 Å². The summed E-state index contributed by atoms with van der Waals surface area (Å²) in [5.74, 6) is -0.773. The van der Waals surface area contributed by atoms with Crippen LogP contribution in [0.25, 0.3) is 16.8 Å². The molecule has 176 valence electrons. The zero-order chi connectivity index (χ0) is 25.3. The van der Waals surface area contributed by atoms with Gasteiger partial charge in [0.05, 0.1) is 15.0 Å². The Labute approximate surface area is 212 Å². The molecule has 0 aliphatic carbocycles. The van der Waals surface area contributed by atoms with E-state index in [0.717, 1.165) is 10.7 Å². The highest BCUT2D eigenvalue weighted by Crippen LogP contribution is 2.33. The summed E-state index contributed by atoms with van der Waals surface area (Å²) in [5.41, 5.74) is -0.154. The lowest BCUT2D eigenvalue weighted by atomic mass is 10.1. The van der Waals surface area contributed by atoms with Crippen molar-refractivity contribution in [3.05, 3.63) is 108 Å². The number of hydrogen-bond acceptors (Lipinski definition) is 6. The minimum absolute atomic E-state index is 0.00189. The fraction of sp³-hybridized carbons (Fsp3) is 0. The Bertz CT molecular complexity index is 1510. The molecule has 1 heterocycles. The van der Waals surface area contributed by atoms with Crippen molar-refractivity contribution in [3.63, 3.8) is 0 Å². The van der Waals surface area contributed by atoms with E-state index in [0.29, 0.717) is 5.56 Å². The van der Waals surface area contributed by atoms with Gasteiger partial charge in [0.25, 0.3) is 17.2 Å². The topological polar surface area (TPSA) is 127 Å². The number of benzene rings is 3. The quantitative estimate of drug-likeness (QED) is 0.250. The molecular weight excluding hydrogens is 519 g/mol. The third-order valence-electron chi connectivity index (χ3n) is 4.85. The van der Waals surface area contributed by atoms with E-state index in [4.69, 9.17) is 34.8 Å². The first-order valence-electron chi connectivity index (χ1n) is 9.78. The molecular formula is C23H13Cl3N4O5. The zero-order valence-electron chi connectivity index (χ0n) is 17.4. The third-order valence-corrected chi connectivity index (χ3v) is 5.65. The Morgan fingerprint density at radius 3 is 2.29 bits per heavy atom. The number of aromatic hydroxyl groups is 1. The maximum absolute atomic E-state index is 13.0. The van der Waals surface area contributed by atoms with Crippen LogP contribution in [-0.4, -0.2) is 25.7 Å². The summed E-state index contributed by atoms with van der Waals surface area (Å²) in [5, 5.41) is 27.9. The van der Waals surface area contributed by atoms with E-state index >= 15 is 0 Å². The van der Waals surface area contributed by atoms with E-state index < -0.39 is 16.4 Å². The number of carbonyl (C=O) groups excluding carboxylic acids is 1. The van der Waals surface area contributed by atoms with Crippen molar-refractivity contribution in [1.29, 1.82) is 0 Å². The van der Waals surface area contributed by atoms with Crippen molar-refractivity contribution in [3.8, 4) is 22.6 Å². The van der Waals surface area contributed by atoms with Crippen LogP contribution in [0.3, 0.4) is 0 Å². The van der Waals surface area contributed by atoms with Gasteiger partial charge in [0, 0.05) is 34.3 Å². The van der Waals surface area contributed by atoms with Gasteiger partial charge < -0.3 is 10.4 Å². The van der Waals surface area contributed by atoms with Gasteiger partial charge in [0.2, 0.25) is 0 Å². The Kier molecular flexibility index (Phi) is 6.74. The van der Waals surface area contributed by atoms with E-state index in [1.54, 1.807) is 0 Å². The minimum atomic E-state index is -0.709. The van der Waals surface area contributed by atoms with Crippen molar-refractivity contribution in [1.82, 2.24) is 9.78 Å². The highest BCUT2D eigenvalue weighted by Gasteiger charge is 2.20. The van der Waals surface area contributed by atoms with E-state index in [-0.39, 0.29) is 49.1 Å². The SMILES string of the molecule is O=C(Nc1nn(-c2c(Cl)cc(Cl)cc2Cl)c(=O)cc1-c1ccc(O)cc1)c1cccc([N+](=O)[O-])c1. The van der Waals surface area contributed by atoms with Crippen LogP contribution < -0.4 is 10.9 Å². The Morgan fingerprint density at radius 2 is 1.66 bits per heavy atom. The predicted molar refractivity (Wildman–Crippen MR) is 133 cm³/mol. The number of aromatic nitrogens is 2. The third kappa shape index (κ3) is 5.12. The Morgan fingerprint density at radius 1 is 1.00 bits per heavy atom. The number of rotatable bonds is 5. The van der Waals surface area contributed by atoms with Crippen LogP contribution in [0.2, 0.25) is 15.1 Å². The smallest absolute Gasteiger partial charge is 0.272 e. The van der Waals surface area contributed by atoms with Gasteiger partial charge in [-0.15, -0.1) is 5.10 Å². The second kappa shape index (κ2) is 9.75. The van der Waals surface area contributed by atoms with Gasteiger partial charge in [0.1, 0.15) is 11.4 Å². The molecule has 4 aromatic rings. The maximum Gasteiger partial charge on any atom is 0.272 e. The highest BCUT2D eigenvalue weighted by atomic mass is 35.5. The maximum atomic E-state index is 13.0. The summed E-state index contributed by atoms with van der Waals surface area (Å²) in [7, 11) is 0. The van der Waals surface area contributed by atoms with E-state index in [2.05, 4.69) is 10.4 Å². The number of nitrogens with one attached hydrogen (secondary N) is 1. The molecule has 35 heavy (non-hydrogen) atoms. The average Bonchev–Trinajstić information content (AvgIpc) is 2.80. The molecule has 1 amide bonds. The number of phenolic OH excluding ortho intramolecular Hbond substituents is 1. The molecule has 0 spiro atoms. The number of amides is 1. The lowest BCUT2D eigenvalue weighted by Gasteiger charge is -2.15. The fourth-order valence-electron chi connectivity index (χ4n) is 3.25. The van der Waals surface area contributed by atoms with Gasteiger partial charge >= 0.3 is 0 Å². The summed E-state index contributed by atoms with van der Waals surface area (Å²) in [4.78, 5) is 36.5. The summed E-state index contributed by atoms with van der Waals surface area (Å²) >= 11 is 18.5. The molecule has 0 atom stereocenters. The number of nitro benzene ring substituents is 1. The summed E-state index contributed by atoms with van der Waals surface area (Å²) in [6.07, 6.45) is 0. The molecule has 1 aromatic heterocycles. The number of nitrogens with zero attached hydrogens (tertiary/aromatic N) is 3. The number of phenols is 1. The molecule has 3 aromatic carbocycles. The molecule has 0 bridgehead atoms. The largest absolute Gasteiger partial charge is 0.508 e. The molecule has 2 N–H and O–H groups in total. The molecule has 0 saturated heterocycles. The van der Waals surface area contributed by atoms with Crippen LogP contribution in [0, 0.1) is 10.1 Å². The van der Waals surface area contributed by atoms with Gasteiger partial charge in [0.15, 0.2) is 5.82 Å². The predicted octanol–water partition coefficient (Wildman–Crippen LogP) is 5.73. The zero-order valence-corrected chi connectivity index (χ0v) is 19.7. The first-order valence-corrected chi connectivity index (χ1v) is 10.9. The van der Waals surface area contributed by atoms with Crippen molar-refractivity contribution in [2.45, 2.75) is 0 Å². The minimum Gasteiger partial charge on any atom is -0.508 e. The number of halogens is 3. The average molecular weight is 532 g/mol. The molecule has 0 fully saturated rings. The molecule has 12 heteroatoms. The van der Waals surface area contributed by atoms with E-state index in [1.165, 1.54) is 60.7 Å². The Hall–Kier alpha value is -3.92. The second-order valence-electron chi connectivity index (χ2n) is 7.18. The molecule has 4 rings (SSSR count). The number of hydrogen-bond donors (Lipinski definition) is 2. The first-order chi connectivity index (χ1) is 16.6. The number of nitro groups is 1. The van der Waals surface area contributed by atoms with Crippen LogP contribution in [-0.2, 0) is 0 Å². The number of anilines is 1. The standard InChI is InChI=1S/C23H13Cl3N4O5/c24-14-9-18(25)21(19(26)10-14)29-20(32)11-17(12-4-6-16(31)7-5-12)22(28-29)27-23(33)13-2-1-3-15(8-13)30(34)35/h1-11,31H,(H,27,28,33). The fourth-order valence-corrected chi connectivity index (χ4v) is 4.22. The van der Waals surface area contributed by atoms with Crippen LogP contribution in [0.15, 0.2) is 71.5 Å². The Balaban J connectivity index is 1.88. The van der Waals surface area contributed by atoms with Crippen LogP contribution in [0.4, 0.5) is 11.5 Å². The molecule has 0 saturated carbocycles. The van der Waals surface area contributed by atoms with Crippen LogP contribution >= 0.6 is 34.8 Å². The molecule has 0 aliphatic rings. The van der Waals surface area contributed by atoms with Gasteiger partial charge in [-0.2, -0.15) is 4.68 Å². The van der Waals surface area contributed by atoms with Crippen LogP contribution in [0.5, 0.6) is 5.75 Å². The molecule has 0 unspecified atom stereocenters. The molecule has 0 radical (unpaired) electrons. The van der Waals surface area contributed by atoms with Crippen molar-refractivity contribution in [2.24, 2.45) is 0 Å². The highest BCUT2D eigenvalue weighted by molar-refractivity contribution is 6.40. The van der Waals surface area contributed by atoms with Crippen molar-refractivity contribution < 1.29 is 14.8 Å². The van der Waals surface area contributed by atoms with Gasteiger partial charge in [-0.25, -0.2) is 0 Å². The summed E-state index contributed by atoms with van der Waals surface area (Å²) in [6, 6.07) is 15.0. The van der Waals surface area contributed by atoms with Crippen molar-refractivity contribution >= 4 is 52.2 Å². The summed E-state index contributed by atoms with van der Waals surface area (Å²) < 4.78 is 0.911. The van der Waals surface area contributed by atoms with Gasteiger partial charge in [-0.3, -0.25) is 19.7 Å². The van der Waals surface area contributed by atoms with E-state index in [1.807, 2.05) is 0 Å². The monoisotopic (exact) mass is 530 g/mol. The normalized spacial score (nSPS) is 10.7. The van der Waals surface area contributed by atoms with E-state index in [9.17, 15) is 24.8 Å². The van der Waals surface area contributed by atoms with Crippen molar-refractivity contribution in [2.75, 3.05) is 5.32 Å². The number of non-ortho nitro benzene ring substituents is 1. The van der Waals surface area contributed by atoms with Gasteiger partial charge in [-0.1, -0.05) is 53.0 Å². The molecule has 0 aliphatic heterocycles. The first kappa shape index (κ1) is 24.2. The molecule has 9 nitrogen and oxygen atoms in total.